The van der Waals surface area contributed by atoms with E-state index in [1.165, 1.54) is 11.8 Å². The number of nitrogens with one attached hydrogen (secondary N) is 1. The Morgan fingerprint density at radius 2 is 2.03 bits per heavy atom. The number of aromatic nitrogens is 6. The predicted octanol–water partition coefficient (Wildman–Crippen LogP) is 3.20. The van der Waals surface area contributed by atoms with Crippen LogP contribution in [0.15, 0.2) is 34.7 Å². The van der Waals surface area contributed by atoms with Crippen LogP contribution < -0.4 is 10.6 Å². The number of aromatic amines is 1. The van der Waals surface area contributed by atoms with Crippen LogP contribution in [0.25, 0.3) is 22.2 Å². The zero-order valence-electron chi connectivity index (χ0n) is 16.0. The molecule has 29 heavy (non-hydrogen) atoms. The van der Waals surface area contributed by atoms with Gasteiger partial charge in [0.2, 0.25) is 0 Å². The molecule has 10 heteroatoms. The van der Waals surface area contributed by atoms with Crippen LogP contribution in [-0.4, -0.2) is 48.5 Å². The van der Waals surface area contributed by atoms with Crippen molar-refractivity contribution in [3.05, 3.63) is 35.4 Å². The number of halogens is 1. The van der Waals surface area contributed by atoms with E-state index in [0.29, 0.717) is 15.8 Å². The summed E-state index contributed by atoms with van der Waals surface area (Å²) >= 11 is 8.07. The van der Waals surface area contributed by atoms with Gasteiger partial charge < -0.3 is 15.6 Å². The summed E-state index contributed by atoms with van der Waals surface area (Å²) in [6.45, 7) is 5.54. The minimum absolute atomic E-state index is 0.220. The van der Waals surface area contributed by atoms with Crippen molar-refractivity contribution >= 4 is 51.4 Å². The molecule has 1 fully saturated rings. The van der Waals surface area contributed by atoms with Gasteiger partial charge in [-0.1, -0.05) is 18.5 Å². The number of fused-ring (bicyclic) bond motifs is 2. The largest absolute Gasteiger partial charge is 0.352 e. The molecule has 0 bridgehead atoms. The van der Waals surface area contributed by atoms with Crippen LogP contribution in [-0.2, 0) is 6.42 Å². The maximum absolute atomic E-state index is 6.64. The van der Waals surface area contributed by atoms with Gasteiger partial charge in [0.05, 0.1) is 10.4 Å². The molecule has 8 nitrogen and oxygen atoms in total. The monoisotopic (exact) mass is 426 g/mol. The number of hydrogen-bond acceptors (Lipinski definition) is 8. The predicted molar refractivity (Wildman–Crippen MR) is 115 cm³/mol. The average Bonchev–Trinajstić information content (AvgIpc) is 3.01. The third kappa shape index (κ3) is 3.29. The van der Waals surface area contributed by atoms with E-state index in [0.717, 1.165) is 52.5 Å². The van der Waals surface area contributed by atoms with Crippen molar-refractivity contribution in [2.45, 2.75) is 35.9 Å². The van der Waals surface area contributed by atoms with E-state index in [9.17, 15) is 0 Å². The van der Waals surface area contributed by atoms with Gasteiger partial charge in [0.1, 0.15) is 17.0 Å². The van der Waals surface area contributed by atoms with Gasteiger partial charge >= 0.3 is 0 Å². The molecular formula is C19H19ClN8S. The molecule has 0 amide bonds. The van der Waals surface area contributed by atoms with Crippen LogP contribution in [0.3, 0.4) is 0 Å². The second-order valence-electron chi connectivity index (χ2n) is 7.51. The Bertz CT molecular complexity index is 1230. The first-order valence-electron chi connectivity index (χ1n) is 9.30. The lowest BCUT2D eigenvalue weighted by Crippen LogP contribution is -2.65. The Hall–Kier alpha value is -2.49. The Labute approximate surface area is 176 Å². The number of nitrogens with two attached hydrogens (primary N) is 1. The number of anilines is 1. The number of nitrogens with zero attached hydrogens (tertiary/aromatic N) is 6. The van der Waals surface area contributed by atoms with Gasteiger partial charge in [0.25, 0.3) is 0 Å². The van der Waals surface area contributed by atoms with Crippen molar-refractivity contribution in [2.24, 2.45) is 5.73 Å². The fraction of sp³-hybridized carbons (Fsp3) is 0.316. The lowest BCUT2D eigenvalue weighted by Gasteiger charge is -2.46. The molecule has 4 aromatic heterocycles. The lowest BCUT2D eigenvalue weighted by atomic mass is 9.93. The molecule has 1 aliphatic rings. The summed E-state index contributed by atoms with van der Waals surface area (Å²) in [5.74, 6) is 0.815. The Morgan fingerprint density at radius 3 is 2.79 bits per heavy atom. The van der Waals surface area contributed by atoms with Gasteiger partial charge in [-0.25, -0.2) is 19.9 Å². The molecule has 1 saturated heterocycles. The van der Waals surface area contributed by atoms with Crippen LogP contribution in [0, 0.1) is 0 Å². The summed E-state index contributed by atoms with van der Waals surface area (Å²) in [4.78, 5) is 28.8. The fourth-order valence-corrected chi connectivity index (χ4v) is 4.68. The molecule has 0 radical (unpaired) electrons. The minimum atomic E-state index is -0.220. The van der Waals surface area contributed by atoms with Crippen molar-refractivity contribution in [1.82, 2.24) is 29.9 Å². The number of pyridine rings is 1. The zero-order valence-corrected chi connectivity index (χ0v) is 17.5. The summed E-state index contributed by atoms with van der Waals surface area (Å²) in [6.07, 6.45) is 5.83. The molecule has 1 aliphatic heterocycles. The van der Waals surface area contributed by atoms with Gasteiger partial charge in [-0.2, -0.15) is 0 Å². The number of aryl methyl sites for hydroxylation is 1. The molecule has 0 unspecified atom stereocenters. The van der Waals surface area contributed by atoms with E-state index in [2.05, 4.69) is 31.8 Å². The fourth-order valence-electron chi connectivity index (χ4n) is 3.56. The van der Waals surface area contributed by atoms with Gasteiger partial charge in [-0.15, -0.1) is 0 Å². The zero-order chi connectivity index (χ0) is 20.2. The number of rotatable bonds is 4. The third-order valence-electron chi connectivity index (χ3n) is 4.89. The van der Waals surface area contributed by atoms with Crippen LogP contribution >= 0.6 is 23.4 Å². The highest BCUT2D eigenvalue weighted by atomic mass is 35.5. The van der Waals surface area contributed by atoms with E-state index in [1.54, 1.807) is 18.6 Å². The summed E-state index contributed by atoms with van der Waals surface area (Å²) < 4.78 is 0. The topological polar surface area (TPSA) is 109 Å². The van der Waals surface area contributed by atoms with Crippen molar-refractivity contribution in [1.29, 1.82) is 0 Å². The highest BCUT2D eigenvalue weighted by Crippen LogP contribution is 2.39. The first kappa shape index (κ1) is 18.5. The maximum Gasteiger partial charge on any atom is 0.196 e. The van der Waals surface area contributed by atoms with Crippen LogP contribution in [0.5, 0.6) is 0 Å². The van der Waals surface area contributed by atoms with E-state index in [-0.39, 0.29) is 5.54 Å². The quantitative estimate of drug-likeness (QED) is 0.479. The van der Waals surface area contributed by atoms with E-state index >= 15 is 0 Å². The number of hydrogen-bond donors (Lipinski definition) is 2. The molecule has 5 heterocycles. The highest BCUT2D eigenvalue weighted by molar-refractivity contribution is 7.99. The molecular weight excluding hydrogens is 408 g/mol. The second-order valence-corrected chi connectivity index (χ2v) is 8.93. The van der Waals surface area contributed by atoms with Gasteiger partial charge in [0.15, 0.2) is 10.8 Å². The van der Waals surface area contributed by atoms with Crippen molar-refractivity contribution in [3.63, 3.8) is 0 Å². The Balaban J connectivity index is 1.58. The third-order valence-corrected chi connectivity index (χ3v) is 6.13. The average molecular weight is 427 g/mol. The smallest absolute Gasteiger partial charge is 0.196 e. The molecule has 3 N–H and O–H groups in total. The molecule has 5 rings (SSSR count). The number of H-pyrrole nitrogens is 1. The standard InChI is InChI=1S/C19H19ClN8S/c1-3-11-14(20)13-16(25-11)26-18(27-17(13)28-8-19(2,21)9-28)29-10-6-12-15(24-7-10)23-5-4-22-12/h4-7H,3,8-9,21H2,1-2H3,(H,25,26,27). The molecule has 0 aromatic carbocycles. The lowest BCUT2D eigenvalue weighted by molar-refractivity contribution is 0.363. The SMILES string of the molecule is CCc1[nH]c2nc(Sc3cnc4nccnc4c3)nc(N3CC(C)(N)C3)c2c1Cl. The molecule has 0 spiro atoms. The molecule has 0 aliphatic carbocycles. The maximum atomic E-state index is 6.64. The highest BCUT2D eigenvalue weighted by Gasteiger charge is 2.37. The van der Waals surface area contributed by atoms with E-state index in [4.69, 9.17) is 27.3 Å². The van der Waals surface area contributed by atoms with Crippen molar-refractivity contribution < 1.29 is 0 Å². The summed E-state index contributed by atoms with van der Waals surface area (Å²) in [6, 6.07) is 1.94. The van der Waals surface area contributed by atoms with Crippen molar-refractivity contribution in [2.75, 3.05) is 18.0 Å². The van der Waals surface area contributed by atoms with Gasteiger partial charge in [-0.3, -0.25) is 4.98 Å². The van der Waals surface area contributed by atoms with Gasteiger partial charge in [0, 0.05) is 47.8 Å². The first-order chi connectivity index (χ1) is 13.9. The van der Waals surface area contributed by atoms with E-state index < -0.39 is 0 Å². The molecule has 0 saturated carbocycles. The molecule has 4 aromatic rings. The van der Waals surface area contributed by atoms with Crippen LogP contribution in [0.1, 0.15) is 19.5 Å². The summed E-state index contributed by atoms with van der Waals surface area (Å²) in [7, 11) is 0. The van der Waals surface area contributed by atoms with Gasteiger partial charge in [-0.05, 0) is 31.2 Å². The summed E-state index contributed by atoms with van der Waals surface area (Å²) in [5.41, 5.74) is 9.04. The first-order valence-corrected chi connectivity index (χ1v) is 10.5. The normalized spacial score (nSPS) is 15.8. The van der Waals surface area contributed by atoms with E-state index in [1.807, 2.05) is 13.0 Å². The van der Waals surface area contributed by atoms with Crippen molar-refractivity contribution in [3.8, 4) is 0 Å². The van der Waals surface area contributed by atoms with Crippen LogP contribution in [0.4, 0.5) is 5.82 Å². The second kappa shape index (κ2) is 6.79. The Morgan fingerprint density at radius 1 is 1.24 bits per heavy atom. The van der Waals surface area contributed by atoms with Crippen LogP contribution in [0.2, 0.25) is 5.02 Å². The summed E-state index contributed by atoms with van der Waals surface area (Å²) in [5, 5.41) is 2.15. The molecule has 0 atom stereocenters. The Kier molecular flexibility index (Phi) is 4.34. The minimum Gasteiger partial charge on any atom is -0.352 e. The molecule has 148 valence electrons.